The van der Waals surface area contributed by atoms with Gasteiger partial charge in [0, 0.05) is 57.3 Å². The Bertz CT molecular complexity index is 987. The summed E-state index contributed by atoms with van der Waals surface area (Å²) < 4.78 is 27.0. The van der Waals surface area contributed by atoms with Gasteiger partial charge in [0.15, 0.2) is 0 Å². The molecule has 168 valence electrons. The zero-order chi connectivity index (χ0) is 22.4. The number of carbonyl (C=O) groups excluding carboxylic acids is 1. The van der Waals surface area contributed by atoms with Crippen molar-refractivity contribution in [2.45, 2.75) is 25.7 Å². The van der Waals surface area contributed by atoms with Gasteiger partial charge >= 0.3 is 0 Å². The van der Waals surface area contributed by atoms with Gasteiger partial charge in [0.05, 0.1) is 11.4 Å². The molecular formula is C21H30N6O3S. The molecule has 2 heterocycles. The second kappa shape index (κ2) is 10.2. The first-order chi connectivity index (χ1) is 14.8. The van der Waals surface area contributed by atoms with Gasteiger partial charge in [-0.05, 0) is 30.7 Å². The molecule has 1 aromatic heterocycles. The number of hydrogen-bond acceptors (Lipinski definition) is 7. The van der Waals surface area contributed by atoms with Crippen LogP contribution in [0.3, 0.4) is 0 Å². The lowest BCUT2D eigenvalue weighted by molar-refractivity contribution is -0.117. The molecule has 0 unspecified atom stereocenters. The Balaban J connectivity index is 1.61. The van der Waals surface area contributed by atoms with Crippen molar-refractivity contribution in [3.8, 4) is 0 Å². The van der Waals surface area contributed by atoms with E-state index in [1.165, 1.54) is 4.31 Å². The van der Waals surface area contributed by atoms with Gasteiger partial charge in [-0.3, -0.25) is 9.69 Å². The van der Waals surface area contributed by atoms with Crippen LogP contribution in [0.15, 0.2) is 41.6 Å². The number of nitrogens with one attached hydrogen (secondary N) is 1. The molecule has 1 saturated heterocycles. The smallest absolute Gasteiger partial charge is 0.243 e. The van der Waals surface area contributed by atoms with Crippen molar-refractivity contribution in [1.82, 2.24) is 19.2 Å². The van der Waals surface area contributed by atoms with Crippen molar-refractivity contribution < 1.29 is 13.2 Å². The van der Waals surface area contributed by atoms with Gasteiger partial charge in [-0.25, -0.2) is 18.4 Å². The molecule has 1 aliphatic heterocycles. The van der Waals surface area contributed by atoms with Crippen molar-refractivity contribution >= 4 is 27.6 Å². The number of carbonyl (C=O) groups is 1. The number of aromatic nitrogens is 2. The van der Waals surface area contributed by atoms with Gasteiger partial charge in [-0.2, -0.15) is 4.31 Å². The summed E-state index contributed by atoms with van der Waals surface area (Å²) in [5.41, 5.74) is 1.34. The number of nitrogens with zero attached hydrogens (tertiary/aromatic N) is 5. The van der Waals surface area contributed by atoms with Gasteiger partial charge in [0.1, 0.15) is 0 Å². The first-order valence-electron chi connectivity index (χ1n) is 10.5. The lowest BCUT2D eigenvalue weighted by Gasteiger charge is -2.34. The Morgan fingerprint density at radius 2 is 1.74 bits per heavy atom. The molecule has 0 spiro atoms. The minimum absolute atomic E-state index is 0.162. The van der Waals surface area contributed by atoms with Crippen LogP contribution in [0.5, 0.6) is 0 Å². The third-order valence-corrected chi connectivity index (χ3v) is 7.45. The van der Waals surface area contributed by atoms with Crippen LogP contribution in [-0.4, -0.2) is 79.3 Å². The van der Waals surface area contributed by atoms with E-state index in [2.05, 4.69) is 25.1 Å². The molecule has 9 nitrogen and oxygen atoms in total. The zero-order valence-corrected chi connectivity index (χ0v) is 19.1. The number of sulfonamides is 1. The lowest BCUT2D eigenvalue weighted by atomic mass is 10.2. The highest BCUT2D eigenvalue weighted by molar-refractivity contribution is 7.89. The molecule has 1 fully saturated rings. The van der Waals surface area contributed by atoms with Crippen molar-refractivity contribution in [3.63, 3.8) is 0 Å². The average Bonchev–Trinajstić information content (AvgIpc) is 2.77. The molecule has 31 heavy (non-hydrogen) atoms. The first kappa shape index (κ1) is 23.1. The maximum atomic E-state index is 12.8. The van der Waals surface area contributed by atoms with Crippen LogP contribution in [0.4, 0.5) is 11.6 Å². The highest BCUT2D eigenvalue weighted by atomic mass is 32.2. The normalized spacial score (nSPS) is 15.3. The fourth-order valence-electron chi connectivity index (χ4n) is 3.56. The molecule has 0 aliphatic carbocycles. The van der Waals surface area contributed by atoms with E-state index in [1.807, 2.05) is 20.8 Å². The Kier molecular flexibility index (Phi) is 7.58. The number of benzene rings is 1. The second-order valence-corrected chi connectivity index (χ2v) is 9.36. The number of piperazine rings is 1. The molecule has 1 aromatic carbocycles. The Labute approximate surface area is 184 Å². The van der Waals surface area contributed by atoms with E-state index in [4.69, 9.17) is 0 Å². The van der Waals surface area contributed by atoms with E-state index < -0.39 is 10.0 Å². The van der Waals surface area contributed by atoms with E-state index in [1.54, 1.807) is 36.7 Å². The van der Waals surface area contributed by atoms with Crippen molar-refractivity contribution in [1.29, 1.82) is 0 Å². The summed E-state index contributed by atoms with van der Waals surface area (Å²) in [6.45, 7) is 9.44. The van der Waals surface area contributed by atoms with E-state index in [0.717, 1.165) is 31.7 Å². The molecule has 0 bridgehead atoms. The van der Waals surface area contributed by atoms with Crippen LogP contribution < -0.4 is 10.2 Å². The molecule has 1 aliphatic rings. The molecule has 0 atom stereocenters. The van der Waals surface area contributed by atoms with Crippen LogP contribution in [0.25, 0.3) is 0 Å². The number of anilines is 2. The molecular weight excluding hydrogens is 416 g/mol. The van der Waals surface area contributed by atoms with E-state index in [-0.39, 0.29) is 17.3 Å². The number of hydrogen-bond donors (Lipinski definition) is 1. The zero-order valence-electron chi connectivity index (χ0n) is 18.3. The largest absolute Gasteiger partial charge is 0.338 e. The van der Waals surface area contributed by atoms with Gasteiger partial charge in [0.25, 0.3) is 0 Å². The monoisotopic (exact) mass is 446 g/mol. The molecule has 0 radical (unpaired) electrons. The Hall–Kier alpha value is -2.56. The van der Waals surface area contributed by atoms with E-state index in [9.17, 15) is 13.2 Å². The van der Waals surface area contributed by atoms with Crippen LogP contribution >= 0.6 is 0 Å². The van der Waals surface area contributed by atoms with E-state index in [0.29, 0.717) is 24.7 Å². The summed E-state index contributed by atoms with van der Waals surface area (Å²) >= 11 is 0. The summed E-state index contributed by atoms with van der Waals surface area (Å²) in [7, 11) is -3.58. The lowest BCUT2D eigenvalue weighted by Crippen LogP contribution is -2.49. The minimum Gasteiger partial charge on any atom is -0.338 e. The quantitative estimate of drug-likeness (QED) is 0.657. The summed E-state index contributed by atoms with van der Waals surface area (Å²) in [5.74, 6) is 0.540. The predicted octanol–water partition coefficient (Wildman–Crippen LogP) is 1.58. The van der Waals surface area contributed by atoms with Gasteiger partial charge in [-0.1, -0.05) is 19.9 Å². The standard InChI is InChI=1S/C21H30N6O3S/c1-4-27(5-2)31(29,30)18-8-7-17(3)19(15-18)24-20(28)16-25-11-13-26(14-12-25)21-22-9-6-10-23-21/h6-10,15H,4-5,11-14,16H2,1-3H3,(H,24,28). The van der Waals surface area contributed by atoms with Crippen LogP contribution in [0.2, 0.25) is 0 Å². The number of amides is 1. The van der Waals surface area contributed by atoms with Crippen molar-refractivity contribution in [3.05, 3.63) is 42.2 Å². The fourth-order valence-corrected chi connectivity index (χ4v) is 5.05. The number of rotatable bonds is 8. The Morgan fingerprint density at radius 1 is 1.10 bits per heavy atom. The van der Waals surface area contributed by atoms with Crippen LogP contribution in [-0.2, 0) is 14.8 Å². The van der Waals surface area contributed by atoms with Gasteiger partial charge in [0.2, 0.25) is 21.9 Å². The molecule has 10 heteroatoms. The fraction of sp³-hybridized carbons (Fsp3) is 0.476. The third kappa shape index (κ3) is 5.57. The maximum Gasteiger partial charge on any atom is 0.243 e. The summed E-state index contributed by atoms with van der Waals surface area (Å²) in [5, 5.41) is 2.89. The molecule has 0 saturated carbocycles. The maximum absolute atomic E-state index is 12.8. The van der Waals surface area contributed by atoms with Crippen LogP contribution in [0, 0.1) is 6.92 Å². The molecule has 1 N–H and O–H groups in total. The molecule has 2 aromatic rings. The van der Waals surface area contributed by atoms with Crippen molar-refractivity contribution in [2.24, 2.45) is 0 Å². The van der Waals surface area contributed by atoms with E-state index >= 15 is 0 Å². The van der Waals surface area contributed by atoms with Gasteiger partial charge < -0.3 is 10.2 Å². The average molecular weight is 447 g/mol. The summed E-state index contributed by atoms with van der Waals surface area (Å²) in [6, 6.07) is 6.65. The first-order valence-corrected chi connectivity index (χ1v) is 11.9. The predicted molar refractivity (Wildman–Crippen MR) is 121 cm³/mol. The van der Waals surface area contributed by atoms with Gasteiger partial charge in [-0.15, -0.1) is 0 Å². The summed E-state index contributed by atoms with van der Waals surface area (Å²) in [6.07, 6.45) is 3.44. The third-order valence-electron chi connectivity index (χ3n) is 5.40. The van der Waals surface area contributed by atoms with Crippen LogP contribution in [0.1, 0.15) is 19.4 Å². The topological polar surface area (TPSA) is 98.7 Å². The highest BCUT2D eigenvalue weighted by Crippen LogP contribution is 2.23. The number of aryl methyl sites for hydroxylation is 1. The molecule has 3 rings (SSSR count). The highest BCUT2D eigenvalue weighted by Gasteiger charge is 2.24. The van der Waals surface area contributed by atoms with Crippen molar-refractivity contribution in [2.75, 3.05) is 56.0 Å². The second-order valence-electron chi connectivity index (χ2n) is 7.43. The Morgan fingerprint density at radius 3 is 2.35 bits per heavy atom. The SMILES string of the molecule is CCN(CC)S(=O)(=O)c1ccc(C)c(NC(=O)CN2CCN(c3ncccn3)CC2)c1. The molecule has 1 amide bonds. The minimum atomic E-state index is -3.58. The summed E-state index contributed by atoms with van der Waals surface area (Å²) in [4.78, 5) is 25.5.